The highest BCUT2D eigenvalue weighted by Crippen LogP contribution is 2.17. The molecule has 70 valence electrons. The van der Waals surface area contributed by atoms with Crippen molar-refractivity contribution in [2.75, 3.05) is 0 Å². The largest absolute Gasteiger partial charge is 0.235 e. The lowest BCUT2D eigenvalue weighted by atomic mass is 10.3. The quantitative estimate of drug-likeness (QED) is 0.678. The molecular weight excluding hydrogens is 214 g/mol. The molecule has 2 aromatic rings. The zero-order valence-electron chi connectivity index (χ0n) is 7.35. The summed E-state index contributed by atoms with van der Waals surface area (Å²) in [6.07, 6.45) is 0. The predicted molar refractivity (Wildman–Crippen MR) is 62.8 cm³/mol. The van der Waals surface area contributed by atoms with Gasteiger partial charge in [-0.2, -0.15) is 0 Å². The fourth-order valence-corrected chi connectivity index (χ4v) is 1.96. The molecule has 0 amide bonds. The van der Waals surface area contributed by atoms with Crippen LogP contribution in [0.1, 0.15) is 4.88 Å². The van der Waals surface area contributed by atoms with Gasteiger partial charge in [0.25, 0.3) is 0 Å². The van der Waals surface area contributed by atoms with E-state index in [0.717, 1.165) is 10.6 Å². The summed E-state index contributed by atoms with van der Waals surface area (Å²) in [5.41, 5.74) is 0.880. The van der Waals surface area contributed by atoms with Crippen LogP contribution >= 0.6 is 22.9 Å². The molecule has 0 bridgehead atoms. The van der Waals surface area contributed by atoms with Crippen molar-refractivity contribution in [1.82, 2.24) is 0 Å². The van der Waals surface area contributed by atoms with E-state index in [1.54, 1.807) is 11.3 Å². The molecule has 0 atom stereocenters. The van der Waals surface area contributed by atoms with Gasteiger partial charge >= 0.3 is 0 Å². The number of aliphatic imine (C=N–C) groups is 1. The fraction of sp³-hybridized carbons (Fsp3) is 0. The second-order valence-corrected chi connectivity index (χ2v) is 4.02. The summed E-state index contributed by atoms with van der Waals surface area (Å²) >= 11 is 7.63. The summed E-state index contributed by atoms with van der Waals surface area (Å²) in [7, 11) is 0. The van der Waals surface area contributed by atoms with Gasteiger partial charge in [-0.15, -0.1) is 11.3 Å². The van der Waals surface area contributed by atoms with Crippen molar-refractivity contribution in [3.63, 3.8) is 0 Å². The maximum atomic E-state index is 6.04. The van der Waals surface area contributed by atoms with Crippen molar-refractivity contribution in [3.05, 3.63) is 52.7 Å². The Bertz CT molecular complexity index is 420. The molecule has 0 aliphatic rings. The zero-order chi connectivity index (χ0) is 9.80. The first-order valence-electron chi connectivity index (χ1n) is 4.19. The van der Waals surface area contributed by atoms with Gasteiger partial charge in [0.15, 0.2) is 0 Å². The minimum atomic E-state index is 0.547. The first kappa shape index (κ1) is 9.44. The normalized spacial score (nSPS) is 11.6. The summed E-state index contributed by atoms with van der Waals surface area (Å²) in [5.74, 6) is 0. The predicted octanol–water partition coefficient (Wildman–Crippen LogP) is 4.07. The number of halogens is 1. The molecule has 1 aromatic heterocycles. The van der Waals surface area contributed by atoms with E-state index in [-0.39, 0.29) is 0 Å². The second kappa shape index (κ2) is 4.40. The first-order valence-corrected chi connectivity index (χ1v) is 5.45. The average molecular weight is 222 g/mol. The van der Waals surface area contributed by atoms with Crippen LogP contribution < -0.4 is 0 Å². The van der Waals surface area contributed by atoms with Gasteiger partial charge in [-0.25, -0.2) is 4.99 Å². The first-order chi connectivity index (χ1) is 6.86. The molecule has 2 rings (SSSR count). The van der Waals surface area contributed by atoms with Gasteiger partial charge in [-0.05, 0) is 23.6 Å². The van der Waals surface area contributed by atoms with Gasteiger partial charge in [0.2, 0.25) is 0 Å². The van der Waals surface area contributed by atoms with E-state index < -0.39 is 0 Å². The highest BCUT2D eigenvalue weighted by Gasteiger charge is 1.99. The monoisotopic (exact) mass is 221 g/mol. The van der Waals surface area contributed by atoms with E-state index in [1.807, 2.05) is 47.8 Å². The summed E-state index contributed by atoms with van der Waals surface area (Å²) in [4.78, 5) is 5.29. The van der Waals surface area contributed by atoms with E-state index in [2.05, 4.69) is 4.99 Å². The maximum Gasteiger partial charge on any atom is 0.146 e. The van der Waals surface area contributed by atoms with Gasteiger partial charge < -0.3 is 0 Å². The van der Waals surface area contributed by atoms with E-state index in [4.69, 9.17) is 11.6 Å². The molecule has 3 heteroatoms. The molecule has 0 saturated carbocycles. The van der Waals surface area contributed by atoms with Crippen LogP contribution in [0.15, 0.2) is 52.8 Å². The third kappa shape index (κ3) is 2.22. The Hall–Kier alpha value is -1.12. The van der Waals surface area contributed by atoms with Crippen LogP contribution in [0.2, 0.25) is 0 Å². The van der Waals surface area contributed by atoms with Crippen molar-refractivity contribution in [3.8, 4) is 0 Å². The molecule has 0 radical (unpaired) electrons. The summed E-state index contributed by atoms with van der Waals surface area (Å²) in [6, 6.07) is 13.6. The maximum absolute atomic E-state index is 6.04. The minimum Gasteiger partial charge on any atom is -0.235 e. The lowest BCUT2D eigenvalue weighted by Gasteiger charge is -1.94. The van der Waals surface area contributed by atoms with Crippen molar-refractivity contribution in [2.24, 2.45) is 4.99 Å². The van der Waals surface area contributed by atoms with Crippen molar-refractivity contribution in [1.29, 1.82) is 0 Å². The summed E-state index contributed by atoms with van der Waals surface area (Å²) in [6.45, 7) is 0. The smallest absolute Gasteiger partial charge is 0.146 e. The Kier molecular flexibility index (Phi) is 2.96. The van der Waals surface area contributed by atoms with Crippen LogP contribution in [0.25, 0.3) is 0 Å². The molecule has 1 heterocycles. The fourth-order valence-electron chi connectivity index (χ4n) is 1.07. The highest BCUT2D eigenvalue weighted by molar-refractivity contribution is 7.14. The molecule has 0 N–H and O–H groups in total. The third-order valence-electron chi connectivity index (χ3n) is 1.71. The number of para-hydroxylation sites is 1. The molecule has 0 unspecified atom stereocenters. The van der Waals surface area contributed by atoms with E-state index in [1.165, 1.54) is 0 Å². The number of thiophene rings is 1. The van der Waals surface area contributed by atoms with E-state index >= 15 is 0 Å². The van der Waals surface area contributed by atoms with Crippen LogP contribution in [-0.2, 0) is 0 Å². The van der Waals surface area contributed by atoms with Crippen molar-refractivity contribution >= 4 is 33.8 Å². The minimum absolute atomic E-state index is 0.547. The molecule has 0 saturated heterocycles. The Morgan fingerprint density at radius 3 is 2.50 bits per heavy atom. The topological polar surface area (TPSA) is 12.4 Å². The zero-order valence-corrected chi connectivity index (χ0v) is 8.92. The molecule has 0 aliphatic carbocycles. The average Bonchev–Trinajstić information content (AvgIpc) is 2.72. The van der Waals surface area contributed by atoms with Crippen LogP contribution in [-0.4, -0.2) is 5.17 Å². The summed E-state index contributed by atoms with van der Waals surface area (Å²) in [5, 5.41) is 2.53. The van der Waals surface area contributed by atoms with Gasteiger partial charge in [-0.1, -0.05) is 35.9 Å². The molecular formula is C11H8ClNS. The Morgan fingerprint density at radius 2 is 1.86 bits per heavy atom. The Balaban J connectivity index is 2.28. The number of nitrogens with zero attached hydrogens (tertiary/aromatic N) is 1. The summed E-state index contributed by atoms with van der Waals surface area (Å²) < 4.78 is 0. The molecule has 0 spiro atoms. The molecule has 0 fully saturated rings. The lowest BCUT2D eigenvalue weighted by Crippen LogP contribution is -1.83. The number of rotatable bonds is 2. The second-order valence-electron chi connectivity index (χ2n) is 2.72. The van der Waals surface area contributed by atoms with E-state index in [9.17, 15) is 0 Å². The third-order valence-corrected chi connectivity index (χ3v) is 2.98. The molecule has 14 heavy (non-hydrogen) atoms. The van der Waals surface area contributed by atoms with Crippen LogP contribution in [0.5, 0.6) is 0 Å². The standard InChI is InChI=1S/C11H8ClNS/c12-11(10-7-4-8-14-10)13-9-5-2-1-3-6-9/h1-8H. The van der Waals surface area contributed by atoms with Gasteiger partial charge in [-0.3, -0.25) is 0 Å². The molecule has 0 aliphatic heterocycles. The van der Waals surface area contributed by atoms with Gasteiger partial charge in [0, 0.05) is 0 Å². The number of hydrogen-bond donors (Lipinski definition) is 0. The number of hydrogen-bond acceptors (Lipinski definition) is 2. The Labute approximate surface area is 91.7 Å². The van der Waals surface area contributed by atoms with Gasteiger partial charge in [0.05, 0.1) is 10.6 Å². The van der Waals surface area contributed by atoms with E-state index in [0.29, 0.717) is 5.17 Å². The van der Waals surface area contributed by atoms with Gasteiger partial charge in [0.1, 0.15) is 5.17 Å². The van der Waals surface area contributed by atoms with Crippen molar-refractivity contribution < 1.29 is 0 Å². The van der Waals surface area contributed by atoms with Crippen molar-refractivity contribution in [2.45, 2.75) is 0 Å². The SMILES string of the molecule is ClC(=Nc1ccccc1)c1cccs1. The number of benzene rings is 1. The van der Waals surface area contributed by atoms with Crippen LogP contribution in [0.3, 0.4) is 0 Å². The van der Waals surface area contributed by atoms with Crippen LogP contribution in [0, 0.1) is 0 Å². The highest BCUT2D eigenvalue weighted by atomic mass is 35.5. The lowest BCUT2D eigenvalue weighted by molar-refractivity contribution is 1.53. The van der Waals surface area contributed by atoms with Crippen LogP contribution in [0.4, 0.5) is 5.69 Å². The molecule has 1 aromatic carbocycles. The molecule has 1 nitrogen and oxygen atoms in total. The Morgan fingerprint density at radius 1 is 1.07 bits per heavy atom.